The first-order valence-corrected chi connectivity index (χ1v) is 5.55. The van der Waals surface area contributed by atoms with Gasteiger partial charge in [-0.05, 0) is 32.2 Å². The van der Waals surface area contributed by atoms with E-state index in [4.69, 9.17) is 4.74 Å². The summed E-state index contributed by atoms with van der Waals surface area (Å²) in [5.41, 5.74) is 0. The van der Waals surface area contributed by atoms with Crippen molar-refractivity contribution in [1.29, 1.82) is 0 Å². The summed E-state index contributed by atoms with van der Waals surface area (Å²) in [7, 11) is 1.76. The van der Waals surface area contributed by atoms with Gasteiger partial charge in [-0.2, -0.15) is 0 Å². The van der Waals surface area contributed by atoms with Gasteiger partial charge in [-0.25, -0.2) is 0 Å². The minimum atomic E-state index is 0.506. The van der Waals surface area contributed by atoms with Crippen molar-refractivity contribution in [3.05, 3.63) is 0 Å². The lowest BCUT2D eigenvalue weighted by atomic mass is 9.89. The molecule has 0 spiro atoms. The first-order chi connectivity index (χ1) is 6.33. The Hall–Kier alpha value is -0.0800. The summed E-state index contributed by atoms with van der Waals surface area (Å²) in [6.45, 7) is 4.20. The standard InChI is InChI=1S/C11H23NO/c1-10(9-13-2)12-8-11-6-4-3-5-7-11/h10-12H,3-9H2,1-2H3/t10-/m1/s1. The van der Waals surface area contributed by atoms with Crippen LogP contribution in [0, 0.1) is 5.92 Å². The molecule has 0 radical (unpaired) electrons. The van der Waals surface area contributed by atoms with Gasteiger partial charge in [0.1, 0.15) is 0 Å². The molecular formula is C11H23NO. The summed E-state index contributed by atoms with van der Waals surface area (Å²) in [5, 5.41) is 3.53. The molecule has 0 aliphatic heterocycles. The van der Waals surface area contributed by atoms with Gasteiger partial charge >= 0.3 is 0 Å². The van der Waals surface area contributed by atoms with Crippen LogP contribution in [-0.2, 0) is 4.74 Å². The largest absolute Gasteiger partial charge is 0.383 e. The van der Waals surface area contributed by atoms with Gasteiger partial charge in [0, 0.05) is 13.2 Å². The highest BCUT2D eigenvalue weighted by Gasteiger charge is 2.13. The fraction of sp³-hybridized carbons (Fsp3) is 1.00. The summed E-state index contributed by atoms with van der Waals surface area (Å²) >= 11 is 0. The maximum atomic E-state index is 5.08. The molecule has 1 N–H and O–H groups in total. The van der Waals surface area contributed by atoms with Gasteiger partial charge in [-0.1, -0.05) is 19.3 Å². The van der Waals surface area contributed by atoms with Crippen molar-refractivity contribution in [2.24, 2.45) is 5.92 Å². The van der Waals surface area contributed by atoms with E-state index in [0.29, 0.717) is 6.04 Å². The predicted molar refractivity (Wildman–Crippen MR) is 55.9 cm³/mol. The summed E-state index contributed by atoms with van der Waals surface area (Å²) in [6.07, 6.45) is 7.17. The molecule has 1 fully saturated rings. The quantitative estimate of drug-likeness (QED) is 0.709. The molecule has 2 nitrogen and oxygen atoms in total. The fourth-order valence-electron chi connectivity index (χ4n) is 2.07. The molecule has 0 aromatic rings. The lowest BCUT2D eigenvalue weighted by Gasteiger charge is -2.23. The number of hydrogen-bond acceptors (Lipinski definition) is 2. The first-order valence-electron chi connectivity index (χ1n) is 5.55. The predicted octanol–water partition coefficient (Wildman–Crippen LogP) is 2.19. The maximum Gasteiger partial charge on any atom is 0.0613 e. The number of ether oxygens (including phenoxy) is 1. The molecule has 0 saturated heterocycles. The van der Waals surface area contributed by atoms with Crippen LogP contribution in [0.4, 0.5) is 0 Å². The van der Waals surface area contributed by atoms with Gasteiger partial charge < -0.3 is 10.1 Å². The van der Waals surface area contributed by atoms with Crippen molar-refractivity contribution in [2.45, 2.75) is 45.1 Å². The molecule has 0 unspecified atom stereocenters. The third kappa shape index (κ3) is 4.63. The lowest BCUT2D eigenvalue weighted by Crippen LogP contribution is -2.34. The monoisotopic (exact) mass is 185 g/mol. The molecule has 0 heterocycles. The van der Waals surface area contributed by atoms with E-state index in [1.807, 2.05) is 0 Å². The summed E-state index contributed by atoms with van der Waals surface area (Å²) in [4.78, 5) is 0. The van der Waals surface area contributed by atoms with E-state index in [1.54, 1.807) is 7.11 Å². The number of hydrogen-bond donors (Lipinski definition) is 1. The molecule has 0 aromatic carbocycles. The molecule has 1 aliphatic rings. The topological polar surface area (TPSA) is 21.3 Å². The Balaban J connectivity index is 2.03. The summed E-state index contributed by atoms with van der Waals surface area (Å²) in [6, 6.07) is 0.506. The fourth-order valence-corrected chi connectivity index (χ4v) is 2.07. The second-order valence-electron chi connectivity index (χ2n) is 4.27. The van der Waals surface area contributed by atoms with Gasteiger partial charge in [0.25, 0.3) is 0 Å². The molecule has 1 saturated carbocycles. The number of nitrogens with one attached hydrogen (secondary N) is 1. The van der Waals surface area contributed by atoms with Crippen LogP contribution in [0.25, 0.3) is 0 Å². The number of methoxy groups -OCH3 is 1. The van der Waals surface area contributed by atoms with Crippen LogP contribution in [0.2, 0.25) is 0 Å². The van der Waals surface area contributed by atoms with Crippen molar-refractivity contribution in [3.8, 4) is 0 Å². The average molecular weight is 185 g/mol. The van der Waals surface area contributed by atoms with E-state index in [0.717, 1.165) is 12.5 Å². The Labute approximate surface area is 82.0 Å². The Morgan fingerprint density at radius 1 is 1.31 bits per heavy atom. The van der Waals surface area contributed by atoms with Crippen LogP contribution in [0.15, 0.2) is 0 Å². The number of rotatable bonds is 5. The van der Waals surface area contributed by atoms with Crippen molar-refractivity contribution >= 4 is 0 Å². The van der Waals surface area contributed by atoms with Gasteiger partial charge in [-0.15, -0.1) is 0 Å². The van der Waals surface area contributed by atoms with E-state index < -0.39 is 0 Å². The normalized spacial score (nSPS) is 21.7. The zero-order chi connectivity index (χ0) is 9.52. The minimum Gasteiger partial charge on any atom is -0.383 e. The van der Waals surface area contributed by atoms with Gasteiger partial charge in [0.2, 0.25) is 0 Å². The van der Waals surface area contributed by atoms with E-state index >= 15 is 0 Å². The molecule has 1 aliphatic carbocycles. The molecule has 0 aromatic heterocycles. The van der Waals surface area contributed by atoms with Crippen molar-refractivity contribution in [1.82, 2.24) is 5.32 Å². The van der Waals surface area contributed by atoms with Crippen LogP contribution in [0.1, 0.15) is 39.0 Å². The Morgan fingerprint density at radius 2 is 2.00 bits per heavy atom. The van der Waals surface area contributed by atoms with E-state index in [1.165, 1.54) is 38.6 Å². The van der Waals surface area contributed by atoms with Gasteiger partial charge in [0.05, 0.1) is 6.61 Å². The Kier molecular flexibility index (Phi) is 5.40. The van der Waals surface area contributed by atoms with Crippen LogP contribution in [-0.4, -0.2) is 26.3 Å². The Morgan fingerprint density at radius 3 is 2.62 bits per heavy atom. The highest BCUT2D eigenvalue weighted by Crippen LogP contribution is 2.22. The molecule has 0 amide bonds. The van der Waals surface area contributed by atoms with Gasteiger partial charge in [0.15, 0.2) is 0 Å². The minimum absolute atomic E-state index is 0.506. The molecular weight excluding hydrogens is 162 g/mol. The zero-order valence-corrected chi connectivity index (χ0v) is 9.01. The first kappa shape index (κ1) is 11.0. The SMILES string of the molecule is COC[C@@H](C)NCC1CCCCC1. The van der Waals surface area contributed by atoms with Crippen molar-refractivity contribution in [3.63, 3.8) is 0 Å². The molecule has 78 valence electrons. The third-order valence-electron chi connectivity index (χ3n) is 2.90. The second-order valence-corrected chi connectivity index (χ2v) is 4.27. The second kappa shape index (κ2) is 6.39. The lowest BCUT2D eigenvalue weighted by molar-refractivity contribution is 0.168. The van der Waals surface area contributed by atoms with Crippen LogP contribution < -0.4 is 5.32 Å². The van der Waals surface area contributed by atoms with Crippen molar-refractivity contribution < 1.29 is 4.74 Å². The highest BCUT2D eigenvalue weighted by molar-refractivity contribution is 4.70. The molecule has 0 bridgehead atoms. The third-order valence-corrected chi connectivity index (χ3v) is 2.90. The summed E-state index contributed by atoms with van der Waals surface area (Å²) in [5.74, 6) is 0.924. The van der Waals surface area contributed by atoms with Crippen LogP contribution in [0.5, 0.6) is 0 Å². The van der Waals surface area contributed by atoms with E-state index in [2.05, 4.69) is 12.2 Å². The van der Waals surface area contributed by atoms with Crippen molar-refractivity contribution in [2.75, 3.05) is 20.3 Å². The zero-order valence-electron chi connectivity index (χ0n) is 9.01. The molecule has 13 heavy (non-hydrogen) atoms. The van der Waals surface area contributed by atoms with Crippen LogP contribution >= 0.6 is 0 Å². The smallest absolute Gasteiger partial charge is 0.0613 e. The molecule has 2 heteroatoms. The van der Waals surface area contributed by atoms with E-state index in [-0.39, 0.29) is 0 Å². The average Bonchev–Trinajstić information content (AvgIpc) is 2.17. The molecule has 1 rings (SSSR count). The highest BCUT2D eigenvalue weighted by atomic mass is 16.5. The maximum absolute atomic E-state index is 5.08. The Bertz CT molecular complexity index is 121. The van der Waals surface area contributed by atoms with Crippen LogP contribution in [0.3, 0.4) is 0 Å². The van der Waals surface area contributed by atoms with E-state index in [9.17, 15) is 0 Å². The van der Waals surface area contributed by atoms with Gasteiger partial charge in [-0.3, -0.25) is 0 Å². The molecule has 1 atom stereocenters. The summed E-state index contributed by atoms with van der Waals surface area (Å²) < 4.78 is 5.08.